The standard InChI is InChI=1S/C24H32N6O6S2/c25-24(26)28-13-5-4-12-27-22(32)20-11-10-16(37-20)15-18(23(33)34)29-21(31)19-9-6-14-30(19)38(35,36)17-7-2-1-3-8-17/h1-3,7-8,10-11,18-19H,4-6,9,12-15H2,(H,27,32)(H,29,31)(H,33,34)(H4,25,26,28)/t18-,19-/m0/s1. The first-order valence-corrected chi connectivity index (χ1v) is 14.4. The predicted molar refractivity (Wildman–Crippen MR) is 142 cm³/mol. The van der Waals surface area contributed by atoms with Crippen molar-refractivity contribution in [3.8, 4) is 0 Å². The summed E-state index contributed by atoms with van der Waals surface area (Å²) in [7, 11) is -3.91. The summed E-state index contributed by atoms with van der Waals surface area (Å²) < 4.78 is 27.2. The van der Waals surface area contributed by atoms with Gasteiger partial charge in [-0.15, -0.1) is 11.3 Å². The molecule has 38 heavy (non-hydrogen) atoms. The molecule has 2 heterocycles. The lowest BCUT2D eigenvalue weighted by Crippen LogP contribution is -2.51. The van der Waals surface area contributed by atoms with E-state index in [9.17, 15) is 27.9 Å². The highest BCUT2D eigenvalue weighted by Crippen LogP contribution is 2.26. The molecule has 1 saturated heterocycles. The van der Waals surface area contributed by atoms with E-state index in [1.54, 1.807) is 30.3 Å². The molecule has 3 rings (SSSR count). The second-order valence-corrected chi connectivity index (χ2v) is 11.8. The number of benzene rings is 1. The fourth-order valence-electron chi connectivity index (χ4n) is 4.06. The zero-order valence-corrected chi connectivity index (χ0v) is 22.3. The van der Waals surface area contributed by atoms with Crippen LogP contribution < -0.4 is 21.7 Å². The first-order chi connectivity index (χ1) is 18.1. The van der Waals surface area contributed by atoms with Crippen molar-refractivity contribution < 1.29 is 27.9 Å². The number of nitrogens with two attached hydrogens (primary N) is 1. The molecule has 14 heteroatoms. The van der Waals surface area contributed by atoms with Crippen LogP contribution >= 0.6 is 11.3 Å². The van der Waals surface area contributed by atoms with Gasteiger partial charge in [0, 0.05) is 30.9 Å². The summed E-state index contributed by atoms with van der Waals surface area (Å²) in [5.41, 5.74) is 5.21. The highest BCUT2D eigenvalue weighted by atomic mass is 32.2. The number of amides is 2. The average molecular weight is 565 g/mol. The second kappa shape index (κ2) is 13.3. The van der Waals surface area contributed by atoms with Crippen LogP contribution in [0, 0.1) is 5.41 Å². The molecule has 0 bridgehead atoms. The van der Waals surface area contributed by atoms with Crippen LogP contribution in [0.2, 0.25) is 0 Å². The zero-order chi connectivity index (χ0) is 27.7. The molecular formula is C24H32N6O6S2. The fraction of sp³-hybridized carbons (Fsp3) is 0.417. The molecule has 1 aromatic carbocycles. The third kappa shape index (κ3) is 7.76. The lowest BCUT2D eigenvalue weighted by Gasteiger charge is -2.25. The van der Waals surface area contributed by atoms with Gasteiger partial charge in [-0.25, -0.2) is 13.2 Å². The lowest BCUT2D eigenvalue weighted by molar-refractivity contribution is -0.142. The van der Waals surface area contributed by atoms with Crippen molar-refractivity contribution in [1.82, 2.24) is 20.3 Å². The van der Waals surface area contributed by atoms with Crippen molar-refractivity contribution in [2.75, 3.05) is 19.6 Å². The number of rotatable bonds is 13. The van der Waals surface area contributed by atoms with Gasteiger partial charge in [0.2, 0.25) is 15.9 Å². The number of hydrogen-bond acceptors (Lipinski definition) is 7. The Morgan fingerprint density at radius 1 is 1.11 bits per heavy atom. The molecule has 2 aromatic rings. The maximum Gasteiger partial charge on any atom is 0.326 e. The SMILES string of the molecule is N=C(N)NCCCCNC(=O)c1ccc(C[C@H](NC(=O)[C@@H]2CCCN2S(=O)(=O)c2ccccc2)C(=O)O)s1. The summed E-state index contributed by atoms with van der Waals surface area (Å²) in [5.74, 6) is -2.31. The van der Waals surface area contributed by atoms with Gasteiger partial charge >= 0.3 is 5.97 Å². The van der Waals surface area contributed by atoms with Crippen LogP contribution in [-0.2, 0) is 26.0 Å². The van der Waals surface area contributed by atoms with E-state index >= 15 is 0 Å². The molecule has 2 amide bonds. The maximum absolute atomic E-state index is 13.1. The molecule has 1 aromatic heterocycles. The molecule has 0 radical (unpaired) electrons. The normalized spacial score (nSPS) is 16.5. The largest absolute Gasteiger partial charge is 0.480 e. The van der Waals surface area contributed by atoms with Crippen LogP contribution in [0.15, 0.2) is 47.4 Å². The van der Waals surface area contributed by atoms with Gasteiger partial charge in [0.15, 0.2) is 5.96 Å². The summed E-state index contributed by atoms with van der Waals surface area (Å²) in [5, 5.41) is 24.8. The molecule has 12 nitrogen and oxygen atoms in total. The Hall–Kier alpha value is -3.49. The third-order valence-electron chi connectivity index (χ3n) is 5.97. The van der Waals surface area contributed by atoms with Crippen LogP contribution in [0.25, 0.3) is 0 Å². The van der Waals surface area contributed by atoms with Crippen LogP contribution in [-0.4, -0.2) is 73.3 Å². The molecule has 0 saturated carbocycles. The number of carboxylic acids is 1. The molecule has 1 aliphatic heterocycles. The number of unbranched alkanes of at least 4 members (excludes halogenated alkanes) is 1. The number of thiophene rings is 1. The summed E-state index contributed by atoms with van der Waals surface area (Å²) >= 11 is 1.13. The summed E-state index contributed by atoms with van der Waals surface area (Å²) in [6, 6.07) is 8.76. The van der Waals surface area contributed by atoms with E-state index in [0.717, 1.165) is 22.1 Å². The highest BCUT2D eigenvalue weighted by Gasteiger charge is 2.40. The molecule has 1 fully saturated rings. The molecule has 0 aliphatic carbocycles. The van der Waals surface area contributed by atoms with Crippen molar-refractivity contribution in [3.63, 3.8) is 0 Å². The Bertz CT molecular complexity index is 1250. The number of hydrogen-bond donors (Lipinski definition) is 6. The third-order valence-corrected chi connectivity index (χ3v) is 8.99. The predicted octanol–water partition coefficient (Wildman–Crippen LogP) is 0.706. The van der Waals surface area contributed by atoms with Gasteiger partial charge in [0.1, 0.15) is 12.1 Å². The minimum atomic E-state index is -3.91. The summed E-state index contributed by atoms with van der Waals surface area (Å²) in [6.45, 7) is 1.14. The van der Waals surface area contributed by atoms with E-state index in [1.165, 1.54) is 12.1 Å². The zero-order valence-electron chi connectivity index (χ0n) is 20.7. The van der Waals surface area contributed by atoms with Crippen LogP contribution in [0.4, 0.5) is 0 Å². The van der Waals surface area contributed by atoms with Gasteiger partial charge in [-0.1, -0.05) is 18.2 Å². The van der Waals surface area contributed by atoms with Crippen molar-refractivity contribution in [2.24, 2.45) is 5.73 Å². The van der Waals surface area contributed by atoms with Crippen molar-refractivity contribution >= 4 is 45.1 Å². The van der Waals surface area contributed by atoms with Gasteiger partial charge in [-0.2, -0.15) is 4.31 Å². The summed E-state index contributed by atoms with van der Waals surface area (Å²) in [4.78, 5) is 38.4. The van der Waals surface area contributed by atoms with Gasteiger partial charge < -0.3 is 26.8 Å². The van der Waals surface area contributed by atoms with Gasteiger partial charge in [0.05, 0.1) is 9.77 Å². The molecule has 0 unspecified atom stereocenters. The highest BCUT2D eigenvalue weighted by molar-refractivity contribution is 7.89. The van der Waals surface area contributed by atoms with Crippen LogP contribution in [0.5, 0.6) is 0 Å². The van der Waals surface area contributed by atoms with E-state index in [-0.39, 0.29) is 29.7 Å². The minimum absolute atomic E-state index is 0.0477. The first-order valence-electron chi connectivity index (χ1n) is 12.1. The molecule has 1 aliphatic rings. The smallest absolute Gasteiger partial charge is 0.326 e. The number of carboxylic acid groups (broad SMARTS) is 1. The van der Waals surface area contributed by atoms with Crippen LogP contribution in [0.3, 0.4) is 0 Å². The van der Waals surface area contributed by atoms with Crippen LogP contribution in [0.1, 0.15) is 40.2 Å². The van der Waals surface area contributed by atoms with E-state index in [4.69, 9.17) is 11.1 Å². The maximum atomic E-state index is 13.1. The first kappa shape index (κ1) is 29.1. The molecule has 0 spiro atoms. The number of carbonyl (C=O) groups excluding carboxylic acids is 2. The van der Waals surface area contributed by atoms with Crippen molar-refractivity contribution in [2.45, 2.75) is 49.1 Å². The topological polar surface area (TPSA) is 195 Å². The van der Waals surface area contributed by atoms with E-state index in [2.05, 4.69) is 16.0 Å². The Labute approximate surface area is 225 Å². The van der Waals surface area contributed by atoms with E-state index in [1.807, 2.05) is 0 Å². The van der Waals surface area contributed by atoms with Gasteiger partial charge in [-0.05, 0) is 49.9 Å². The Balaban J connectivity index is 1.57. The Kier molecular flexibility index (Phi) is 10.2. The number of sulfonamides is 1. The Morgan fingerprint density at radius 2 is 1.79 bits per heavy atom. The number of guanidine groups is 1. The van der Waals surface area contributed by atoms with Gasteiger partial charge in [-0.3, -0.25) is 15.0 Å². The number of aliphatic carboxylic acids is 1. The average Bonchev–Trinajstić information content (AvgIpc) is 3.56. The molecule has 206 valence electrons. The Morgan fingerprint density at radius 3 is 2.45 bits per heavy atom. The minimum Gasteiger partial charge on any atom is -0.480 e. The second-order valence-electron chi connectivity index (χ2n) is 8.76. The van der Waals surface area contributed by atoms with E-state index in [0.29, 0.717) is 42.1 Å². The monoisotopic (exact) mass is 564 g/mol. The lowest BCUT2D eigenvalue weighted by atomic mass is 10.1. The molecule has 2 atom stereocenters. The quantitative estimate of drug-likeness (QED) is 0.116. The van der Waals surface area contributed by atoms with Crippen molar-refractivity contribution in [1.29, 1.82) is 5.41 Å². The molecule has 7 N–H and O–H groups in total. The van der Waals surface area contributed by atoms with Gasteiger partial charge in [0.25, 0.3) is 5.91 Å². The number of nitrogens with one attached hydrogen (secondary N) is 4. The summed E-state index contributed by atoms with van der Waals surface area (Å²) in [6.07, 6.45) is 2.14. The number of nitrogens with zero attached hydrogens (tertiary/aromatic N) is 1. The van der Waals surface area contributed by atoms with E-state index < -0.39 is 34.0 Å². The number of carbonyl (C=O) groups is 3. The van der Waals surface area contributed by atoms with Crippen molar-refractivity contribution in [3.05, 3.63) is 52.2 Å². The molecular weight excluding hydrogens is 532 g/mol. The fourth-order valence-corrected chi connectivity index (χ4v) is 6.71.